The maximum Gasteiger partial charge on any atom is 0.251 e. The molecule has 3 rings (SSSR count). The zero-order chi connectivity index (χ0) is 17.5. The number of rotatable bonds is 7. The third kappa shape index (κ3) is 5.62. The molecule has 4 heteroatoms. The third-order valence-corrected chi connectivity index (χ3v) is 5.51. The average Bonchev–Trinajstić information content (AvgIpc) is 3.14. The van der Waals surface area contributed by atoms with Gasteiger partial charge in [0.05, 0.1) is 0 Å². The lowest BCUT2D eigenvalue weighted by atomic mass is 10.1. The van der Waals surface area contributed by atoms with E-state index in [9.17, 15) is 4.79 Å². The topological polar surface area (TPSA) is 32.3 Å². The zero-order valence-corrected chi connectivity index (χ0v) is 15.6. The summed E-state index contributed by atoms with van der Waals surface area (Å²) in [5.74, 6) is 0.888. The predicted octanol–water partition coefficient (Wildman–Crippen LogP) is 4.11. The lowest BCUT2D eigenvalue weighted by Gasteiger charge is -2.14. The van der Waals surface area contributed by atoms with E-state index in [-0.39, 0.29) is 5.91 Å². The first-order valence-corrected chi connectivity index (χ1v) is 9.98. The smallest absolute Gasteiger partial charge is 0.251 e. The molecule has 1 N–H and O–H groups in total. The van der Waals surface area contributed by atoms with Gasteiger partial charge < -0.3 is 5.32 Å². The Morgan fingerprint density at radius 2 is 1.72 bits per heavy atom. The Hall–Kier alpha value is -1.78. The van der Waals surface area contributed by atoms with Crippen LogP contribution in [0.5, 0.6) is 0 Å². The second kappa shape index (κ2) is 9.07. The molecule has 1 fully saturated rings. The van der Waals surface area contributed by atoms with E-state index in [1.807, 2.05) is 12.1 Å². The minimum Gasteiger partial charge on any atom is -0.351 e. The molecule has 0 unspecified atom stereocenters. The highest BCUT2D eigenvalue weighted by Gasteiger charge is 2.12. The summed E-state index contributed by atoms with van der Waals surface area (Å²) in [5.41, 5.74) is 3.30. The molecule has 1 heterocycles. The van der Waals surface area contributed by atoms with Crippen molar-refractivity contribution in [2.45, 2.75) is 31.2 Å². The summed E-state index contributed by atoms with van der Waals surface area (Å²) in [7, 11) is 0. The number of likely N-dealkylation sites (tertiary alicyclic amines) is 1. The van der Waals surface area contributed by atoms with E-state index in [0.29, 0.717) is 6.54 Å². The van der Waals surface area contributed by atoms with E-state index in [0.717, 1.165) is 17.9 Å². The number of nitrogens with one attached hydrogen (secondary N) is 1. The summed E-state index contributed by atoms with van der Waals surface area (Å²) in [5, 5.41) is 3.00. The molecule has 0 spiro atoms. The Kier molecular flexibility index (Phi) is 6.54. The molecule has 132 valence electrons. The molecular formula is C21H26N2OS. The minimum atomic E-state index is 0.0113. The Labute approximate surface area is 154 Å². The van der Waals surface area contributed by atoms with Crippen LogP contribution >= 0.6 is 11.8 Å². The van der Waals surface area contributed by atoms with Crippen molar-refractivity contribution in [1.82, 2.24) is 10.2 Å². The van der Waals surface area contributed by atoms with Crippen LogP contribution < -0.4 is 5.32 Å². The van der Waals surface area contributed by atoms with E-state index < -0.39 is 0 Å². The third-order valence-electron chi connectivity index (χ3n) is 4.50. The van der Waals surface area contributed by atoms with E-state index in [1.165, 1.54) is 42.0 Å². The largest absolute Gasteiger partial charge is 0.351 e. The van der Waals surface area contributed by atoms with Crippen LogP contribution in [0, 0.1) is 6.92 Å². The molecule has 0 aromatic heterocycles. The van der Waals surface area contributed by atoms with E-state index in [2.05, 4.69) is 53.5 Å². The molecule has 0 radical (unpaired) electrons. The maximum absolute atomic E-state index is 12.2. The molecule has 0 bridgehead atoms. The van der Waals surface area contributed by atoms with Crippen LogP contribution in [0.2, 0.25) is 0 Å². The van der Waals surface area contributed by atoms with E-state index >= 15 is 0 Å². The van der Waals surface area contributed by atoms with Gasteiger partial charge in [0.1, 0.15) is 0 Å². The highest BCUT2D eigenvalue weighted by molar-refractivity contribution is 7.99. The van der Waals surface area contributed by atoms with Gasteiger partial charge in [0.15, 0.2) is 0 Å². The van der Waals surface area contributed by atoms with Gasteiger partial charge in [-0.25, -0.2) is 0 Å². The number of nitrogens with zero attached hydrogens (tertiary/aromatic N) is 1. The molecule has 1 amide bonds. The van der Waals surface area contributed by atoms with Crippen LogP contribution in [0.15, 0.2) is 53.4 Å². The van der Waals surface area contributed by atoms with Gasteiger partial charge in [-0.3, -0.25) is 9.69 Å². The lowest BCUT2D eigenvalue weighted by molar-refractivity contribution is 0.0956. The fourth-order valence-corrected chi connectivity index (χ4v) is 3.80. The van der Waals surface area contributed by atoms with Crippen molar-refractivity contribution >= 4 is 17.7 Å². The molecule has 0 aliphatic carbocycles. The van der Waals surface area contributed by atoms with Gasteiger partial charge in [0.2, 0.25) is 0 Å². The molecule has 0 saturated carbocycles. The zero-order valence-electron chi connectivity index (χ0n) is 14.8. The number of carbonyl (C=O) groups excluding carboxylic acids is 1. The van der Waals surface area contributed by atoms with Gasteiger partial charge >= 0.3 is 0 Å². The van der Waals surface area contributed by atoms with E-state index in [1.54, 1.807) is 11.8 Å². The summed E-state index contributed by atoms with van der Waals surface area (Å²) in [4.78, 5) is 15.9. The maximum atomic E-state index is 12.2. The SMILES string of the molecule is Cc1ccc(SCCNC(=O)c2ccc(CN3CCCC3)cc2)cc1. The van der Waals surface area contributed by atoms with Crippen molar-refractivity contribution in [1.29, 1.82) is 0 Å². The minimum absolute atomic E-state index is 0.0113. The monoisotopic (exact) mass is 354 g/mol. The second-order valence-electron chi connectivity index (χ2n) is 6.60. The molecule has 2 aromatic carbocycles. The second-order valence-corrected chi connectivity index (χ2v) is 7.77. The first kappa shape index (κ1) is 18.0. The number of carbonyl (C=O) groups is 1. The first-order chi connectivity index (χ1) is 12.2. The van der Waals surface area contributed by atoms with Crippen molar-refractivity contribution in [3.8, 4) is 0 Å². The summed E-state index contributed by atoms with van der Waals surface area (Å²) in [6.07, 6.45) is 2.61. The van der Waals surface area contributed by atoms with Crippen molar-refractivity contribution in [3.05, 3.63) is 65.2 Å². The van der Waals surface area contributed by atoms with Crippen molar-refractivity contribution in [3.63, 3.8) is 0 Å². The van der Waals surface area contributed by atoms with Gasteiger partial charge in [-0.05, 0) is 62.7 Å². The van der Waals surface area contributed by atoms with Crippen LogP contribution in [0.25, 0.3) is 0 Å². The van der Waals surface area contributed by atoms with Crippen LogP contribution in [0.1, 0.15) is 34.3 Å². The Bertz CT molecular complexity index is 676. The molecule has 1 aliphatic rings. The Morgan fingerprint density at radius 1 is 1.04 bits per heavy atom. The van der Waals surface area contributed by atoms with Crippen LogP contribution in [-0.4, -0.2) is 36.2 Å². The number of amides is 1. The lowest BCUT2D eigenvalue weighted by Crippen LogP contribution is -2.25. The standard InChI is InChI=1S/C21H26N2OS/c1-17-4-10-20(11-5-17)25-15-12-22-21(24)19-8-6-18(7-9-19)16-23-13-2-3-14-23/h4-11H,2-3,12-16H2,1H3,(H,22,24). The van der Waals surface area contributed by atoms with Gasteiger partial charge in [-0.1, -0.05) is 29.8 Å². The predicted molar refractivity (Wildman–Crippen MR) is 105 cm³/mol. The summed E-state index contributed by atoms with van der Waals surface area (Å²) in [6.45, 7) is 6.15. The normalized spacial score (nSPS) is 14.6. The average molecular weight is 355 g/mol. The van der Waals surface area contributed by atoms with Gasteiger partial charge in [-0.15, -0.1) is 11.8 Å². The molecule has 25 heavy (non-hydrogen) atoms. The van der Waals surface area contributed by atoms with E-state index in [4.69, 9.17) is 0 Å². The van der Waals surface area contributed by atoms with Crippen molar-refractivity contribution in [2.24, 2.45) is 0 Å². The molecule has 3 nitrogen and oxygen atoms in total. The fourth-order valence-electron chi connectivity index (χ4n) is 3.03. The Balaban J connectivity index is 1.40. The van der Waals surface area contributed by atoms with Crippen LogP contribution in [-0.2, 0) is 6.54 Å². The molecule has 0 atom stereocenters. The highest BCUT2D eigenvalue weighted by Crippen LogP contribution is 2.17. The van der Waals surface area contributed by atoms with Gasteiger partial charge in [0.25, 0.3) is 5.91 Å². The van der Waals surface area contributed by atoms with Crippen LogP contribution in [0.4, 0.5) is 0 Å². The van der Waals surface area contributed by atoms with Crippen LogP contribution in [0.3, 0.4) is 0 Å². The number of benzene rings is 2. The van der Waals surface area contributed by atoms with Crippen molar-refractivity contribution in [2.75, 3.05) is 25.4 Å². The number of aryl methyl sites for hydroxylation is 1. The first-order valence-electron chi connectivity index (χ1n) is 9.00. The molecular weight excluding hydrogens is 328 g/mol. The van der Waals surface area contributed by atoms with Gasteiger partial charge in [0, 0.05) is 29.3 Å². The number of hydrogen-bond donors (Lipinski definition) is 1. The highest BCUT2D eigenvalue weighted by atomic mass is 32.2. The summed E-state index contributed by atoms with van der Waals surface area (Å²) >= 11 is 1.77. The summed E-state index contributed by atoms with van der Waals surface area (Å²) in [6, 6.07) is 16.5. The van der Waals surface area contributed by atoms with Gasteiger partial charge in [-0.2, -0.15) is 0 Å². The summed E-state index contributed by atoms with van der Waals surface area (Å²) < 4.78 is 0. The Morgan fingerprint density at radius 3 is 2.40 bits per heavy atom. The quantitative estimate of drug-likeness (QED) is 0.600. The molecule has 1 aliphatic heterocycles. The molecule has 1 saturated heterocycles. The number of thioether (sulfide) groups is 1. The number of hydrogen-bond acceptors (Lipinski definition) is 3. The fraction of sp³-hybridized carbons (Fsp3) is 0.381. The molecule has 2 aromatic rings. The van der Waals surface area contributed by atoms with Crippen molar-refractivity contribution < 1.29 is 4.79 Å².